The SMILES string of the molecule is CCS(=O)(=O)c1ccc(C(Oc2ccc(C3CCCCC3)cc2)C(=O)Nc2nc3cc(OC)c(OC)cc3s2)cc1. The lowest BCUT2D eigenvalue weighted by molar-refractivity contribution is -0.123. The summed E-state index contributed by atoms with van der Waals surface area (Å²) in [7, 11) is -0.262. The van der Waals surface area contributed by atoms with Gasteiger partial charge in [-0.2, -0.15) is 0 Å². The first-order valence-electron chi connectivity index (χ1n) is 13.7. The fourth-order valence-electron chi connectivity index (χ4n) is 5.16. The number of aromatic nitrogens is 1. The smallest absolute Gasteiger partial charge is 0.271 e. The molecule has 216 valence electrons. The number of carbonyl (C=O) groups excluding carboxylic acids is 1. The molecule has 8 nitrogen and oxygen atoms in total. The van der Waals surface area contributed by atoms with E-state index in [-0.39, 0.29) is 10.6 Å². The molecule has 1 aliphatic rings. The van der Waals surface area contributed by atoms with E-state index in [2.05, 4.69) is 22.4 Å². The van der Waals surface area contributed by atoms with Gasteiger partial charge in [0.05, 0.1) is 35.1 Å². The third kappa shape index (κ3) is 6.49. The topological polar surface area (TPSA) is 104 Å². The second-order valence-electron chi connectivity index (χ2n) is 10.1. The Balaban J connectivity index is 1.42. The second kappa shape index (κ2) is 12.5. The normalized spacial score (nSPS) is 14.9. The summed E-state index contributed by atoms with van der Waals surface area (Å²) in [6.45, 7) is 1.60. The number of carbonyl (C=O) groups is 1. The van der Waals surface area contributed by atoms with Gasteiger partial charge in [-0.05, 0) is 48.6 Å². The van der Waals surface area contributed by atoms with Gasteiger partial charge < -0.3 is 14.2 Å². The highest BCUT2D eigenvalue weighted by atomic mass is 32.2. The van der Waals surface area contributed by atoms with Gasteiger partial charge in [0.25, 0.3) is 5.91 Å². The molecule has 0 aliphatic heterocycles. The van der Waals surface area contributed by atoms with Crippen molar-refractivity contribution in [3.63, 3.8) is 0 Å². The number of anilines is 1. The van der Waals surface area contributed by atoms with E-state index in [1.54, 1.807) is 39.3 Å². The molecule has 0 bridgehead atoms. The number of nitrogens with zero attached hydrogens (tertiary/aromatic N) is 1. The summed E-state index contributed by atoms with van der Waals surface area (Å²) in [5, 5.41) is 3.28. The van der Waals surface area contributed by atoms with Crippen LogP contribution in [0.3, 0.4) is 0 Å². The molecule has 1 atom stereocenters. The van der Waals surface area contributed by atoms with Crippen molar-refractivity contribution in [1.29, 1.82) is 0 Å². The number of thiazole rings is 1. The first-order valence-corrected chi connectivity index (χ1v) is 16.2. The van der Waals surface area contributed by atoms with Gasteiger partial charge >= 0.3 is 0 Å². The number of sulfone groups is 1. The largest absolute Gasteiger partial charge is 0.493 e. The molecule has 0 radical (unpaired) electrons. The number of ether oxygens (including phenoxy) is 3. The lowest BCUT2D eigenvalue weighted by Crippen LogP contribution is -2.25. The second-order valence-corrected chi connectivity index (χ2v) is 13.4. The minimum absolute atomic E-state index is 0.00666. The Morgan fingerprint density at radius 2 is 1.63 bits per heavy atom. The molecule has 4 aromatic rings. The molecule has 0 saturated heterocycles. The number of amides is 1. The van der Waals surface area contributed by atoms with E-state index in [0.29, 0.717) is 39.4 Å². The molecule has 0 spiro atoms. The molecule has 1 N–H and O–H groups in total. The van der Waals surface area contributed by atoms with E-state index in [4.69, 9.17) is 14.2 Å². The highest BCUT2D eigenvalue weighted by Crippen LogP contribution is 2.37. The van der Waals surface area contributed by atoms with E-state index >= 15 is 0 Å². The van der Waals surface area contributed by atoms with Gasteiger partial charge in [0.2, 0.25) is 6.10 Å². The molecule has 1 unspecified atom stereocenters. The molecule has 1 saturated carbocycles. The first kappa shape index (κ1) is 28.9. The van der Waals surface area contributed by atoms with Crippen LogP contribution in [0.15, 0.2) is 65.6 Å². The van der Waals surface area contributed by atoms with Gasteiger partial charge in [-0.3, -0.25) is 10.1 Å². The van der Waals surface area contributed by atoms with Gasteiger partial charge in [-0.1, -0.05) is 61.8 Å². The van der Waals surface area contributed by atoms with Crippen LogP contribution < -0.4 is 19.5 Å². The van der Waals surface area contributed by atoms with Gasteiger partial charge in [-0.15, -0.1) is 0 Å². The predicted molar refractivity (Wildman–Crippen MR) is 161 cm³/mol. The molecule has 1 fully saturated rings. The van der Waals surface area contributed by atoms with Crippen molar-refractivity contribution < 1.29 is 27.4 Å². The maximum absolute atomic E-state index is 13.7. The molecule has 1 aromatic heterocycles. The van der Waals surface area contributed by atoms with Crippen LogP contribution in [0, 0.1) is 0 Å². The average molecular weight is 595 g/mol. The summed E-state index contributed by atoms with van der Waals surface area (Å²) in [5.41, 5.74) is 2.47. The van der Waals surface area contributed by atoms with Gasteiger partial charge in [-0.25, -0.2) is 13.4 Å². The van der Waals surface area contributed by atoms with Crippen LogP contribution in [-0.4, -0.2) is 39.3 Å². The average Bonchev–Trinajstić information content (AvgIpc) is 3.40. The number of hydrogen-bond donors (Lipinski definition) is 1. The van der Waals surface area contributed by atoms with Gasteiger partial charge in [0.1, 0.15) is 5.75 Å². The highest BCUT2D eigenvalue weighted by Gasteiger charge is 2.26. The van der Waals surface area contributed by atoms with Crippen LogP contribution in [0.5, 0.6) is 17.2 Å². The lowest BCUT2D eigenvalue weighted by atomic mass is 9.84. The number of nitrogens with one attached hydrogen (secondary N) is 1. The third-order valence-electron chi connectivity index (χ3n) is 7.49. The van der Waals surface area contributed by atoms with Crippen LogP contribution in [0.4, 0.5) is 5.13 Å². The molecule has 1 heterocycles. The minimum Gasteiger partial charge on any atom is -0.493 e. The first-order chi connectivity index (χ1) is 19.8. The van der Waals surface area contributed by atoms with Crippen LogP contribution in [0.1, 0.15) is 62.2 Å². The van der Waals surface area contributed by atoms with Gasteiger partial charge in [0, 0.05) is 17.7 Å². The molecule has 3 aromatic carbocycles. The number of rotatable bonds is 10. The molecule has 41 heavy (non-hydrogen) atoms. The van der Waals surface area contributed by atoms with E-state index in [1.807, 2.05) is 18.2 Å². The molecular formula is C31H34N2O6S2. The minimum atomic E-state index is -3.38. The van der Waals surface area contributed by atoms with Gasteiger partial charge in [0.15, 0.2) is 26.5 Å². The Morgan fingerprint density at radius 1 is 0.976 bits per heavy atom. The number of benzene rings is 3. The van der Waals surface area contributed by atoms with E-state index in [1.165, 1.54) is 61.1 Å². The third-order valence-corrected chi connectivity index (χ3v) is 10.2. The zero-order valence-electron chi connectivity index (χ0n) is 23.4. The lowest BCUT2D eigenvalue weighted by Gasteiger charge is -2.23. The van der Waals surface area contributed by atoms with Crippen molar-refractivity contribution in [3.8, 4) is 17.2 Å². The van der Waals surface area contributed by atoms with E-state index < -0.39 is 21.8 Å². The Bertz CT molecular complexity index is 1570. The Hall–Kier alpha value is -3.63. The molecule has 10 heteroatoms. The number of fused-ring (bicyclic) bond motifs is 1. The zero-order valence-corrected chi connectivity index (χ0v) is 25.0. The van der Waals surface area contributed by atoms with Crippen LogP contribution in [0.2, 0.25) is 0 Å². The summed E-state index contributed by atoms with van der Waals surface area (Å²) < 4.78 is 42.5. The van der Waals surface area contributed by atoms with E-state index in [9.17, 15) is 13.2 Å². The summed E-state index contributed by atoms with van der Waals surface area (Å²) >= 11 is 1.31. The van der Waals surface area contributed by atoms with Crippen molar-refractivity contribution in [2.45, 2.75) is 55.9 Å². The van der Waals surface area contributed by atoms with Crippen molar-refractivity contribution in [2.24, 2.45) is 0 Å². The molecular weight excluding hydrogens is 560 g/mol. The molecule has 1 aliphatic carbocycles. The van der Waals surface area contributed by atoms with Crippen molar-refractivity contribution >= 4 is 42.4 Å². The van der Waals surface area contributed by atoms with Crippen LogP contribution >= 0.6 is 11.3 Å². The van der Waals surface area contributed by atoms with Crippen LogP contribution in [-0.2, 0) is 14.6 Å². The summed E-state index contributed by atoms with van der Waals surface area (Å²) in [6.07, 6.45) is 5.14. The monoisotopic (exact) mass is 594 g/mol. The van der Waals surface area contributed by atoms with Crippen molar-refractivity contribution in [1.82, 2.24) is 4.98 Å². The number of methoxy groups -OCH3 is 2. The standard InChI is InChI=1S/C31H34N2O6S2/c1-4-41(35,36)24-16-12-22(13-17-24)29(39-23-14-10-21(11-15-23)20-8-6-5-7-9-20)30(34)33-31-32-25-18-26(37-2)27(38-3)19-28(25)40-31/h10-20,29H,4-9H2,1-3H3,(H,32,33,34). The summed E-state index contributed by atoms with van der Waals surface area (Å²) in [5.74, 6) is 1.79. The molecule has 1 amide bonds. The zero-order chi connectivity index (χ0) is 29.0. The number of hydrogen-bond acceptors (Lipinski definition) is 8. The van der Waals surface area contributed by atoms with Crippen molar-refractivity contribution in [3.05, 3.63) is 71.8 Å². The summed E-state index contributed by atoms with van der Waals surface area (Å²) in [6, 6.07) is 17.8. The summed E-state index contributed by atoms with van der Waals surface area (Å²) in [4.78, 5) is 18.4. The maximum Gasteiger partial charge on any atom is 0.271 e. The maximum atomic E-state index is 13.7. The molecule has 5 rings (SSSR count). The Kier molecular flexibility index (Phi) is 8.79. The fourth-order valence-corrected chi connectivity index (χ4v) is 6.92. The van der Waals surface area contributed by atoms with Crippen molar-refractivity contribution in [2.75, 3.05) is 25.3 Å². The highest BCUT2D eigenvalue weighted by molar-refractivity contribution is 7.91. The quantitative estimate of drug-likeness (QED) is 0.213. The van der Waals surface area contributed by atoms with E-state index in [0.717, 1.165) is 4.70 Å². The predicted octanol–water partition coefficient (Wildman–Crippen LogP) is 6.91. The fraction of sp³-hybridized carbons (Fsp3) is 0.355. The Labute approximate surface area is 244 Å². The Morgan fingerprint density at radius 3 is 2.27 bits per heavy atom. The van der Waals surface area contributed by atoms with Crippen LogP contribution in [0.25, 0.3) is 10.2 Å².